The molecule has 0 aromatic heterocycles. The lowest BCUT2D eigenvalue weighted by atomic mass is 9.95. The van der Waals surface area contributed by atoms with Gasteiger partial charge in [0.05, 0.1) is 13.2 Å². The van der Waals surface area contributed by atoms with Crippen LogP contribution in [0.5, 0.6) is 5.75 Å². The lowest BCUT2D eigenvalue weighted by molar-refractivity contribution is 0.235. The van der Waals surface area contributed by atoms with E-state index in [0.29, 0.717) is 0 Å². The lowest BCUT2D eigenvalue weighted by Gasteiger charge is -2.32. The third-order valence-corrected chi connectivity index (χ3v) is 4.88. The van der Waals surface area contributed by atoms with Crippen LogP contribution in [0.4, 0.5) is 4.39 Å². The monoisotopic (exact) mass is 392 g/mol. The van der Waals surface area contributed by atoms with Gasteiger partial charge in [-0.15, -0.1) is 0 Å². The van der Waals surface area contributed by atoms with Crippen LogP contribution in [-0.4, -0.2) is 38.2 Å². The molecule has 2 aromatic rings. The van der Waals surface area contributed by atoms with Crippen LogP contribution in [0.2, 0.25) is 0 Å². The topological polar surface area (TPSA) is 24.5 Å². The first-order valence-electron chi connectivity index (χ1n) is 8.22. The Morgan fingerprint density at radius 1 is 1.17 bits per heavy atom. The Kier molecular flexibility index (Phi) is 5.87. The third kappa shape index (κ3) is 3.97. The second kappa shape index (κ2) is 8.10. The van der Waals surface area contributed by atoms with Gasteiger partial charge in [0.2, 0.25) is 0 Å². The molecule has 0 amide bonds. The molecule has 1 saturated heterocycles. The number of hydrogen-bond acceptors (Lipinski definition) is 3. The van der Waals surface area contributed by atoms with Gasteiger partial charge in [0.1, 0.15) is 11.6 Å². The molecule has 0 spiro atoms. The van der Waals surface area contributed by atoms with Crippen LogP contribution in [0, 0.1) is 5.82 Å². The quantitative estimate of drug-likeness (QED) is 0.851. The molecule has 2 aromatic carbocycles. The van der Waals surface area contributed by atoms with Crippen LogP contribution in [-0.2, 0) is 0 Å². The number of hydrogen-bond donors (Lipinski definition) is 1. The first-order valence-corrected chi connectivity index (χ1v) is 9.02. The Morgan fingerprint density at radius 2 is 2.04 bits per heavy atom. The van der Waals surface area contributed by atoms with E-state index in [2.05, 4.69) is 38.3 Å². The first-order chi connectivity index (χ1) is 11.7. The van der Waals surface area contributed by atoms with E-state index >= 15 is 0 Å². The van der Waals surface area contributed by atoms with Crippen LogP contribution in [0.3, 0.4) is 0 Å². The van der Waals surface area contributed by atoms with E-state index in [1.807, 2.05) is 12.1 Å². The number of methoxy groups -OCH3 is 1. The van der Waals surface area contributed by atoms with Gasteiger partial charge in [-0.3, -0.25) is 4.90 Å². The van der Waals surface area contributed by atoms with Gasteiger partial charge in [0.15, 0.2) is 0 Å². The maximum atomic E-state index is 14.0. The van der Waals surface area contributed by atoms with Crippen molar-refractivity contribution in [1.29, 1.82) is 0 Å². The van der Waals surface area contributed by atoms with Crippen molar-refractivity contribution in [2.45, 2.75) is 12.5 Å². The molecule has 1 unspecified atom stereocenters. The summed E-state index contributed by atoms with van der Waals surface area (Å²) in [7, 11) is 1.64. The summed E-state index contributed by atoms with van der Waals surface area (Å²) >= 11 is 3.56. The minimum atomic E-state index is -0.237. The van der Waals surface area contributed by atoms with Crippen LogP contribution < -0.4 is 10.1 Å². The molecule has 0 saturated carbocycles. The number of rotatable bonds is 4. The fraction of sp³-hybridized carbons (Fsp3) is 0.368. The van der Waals surface area contributed by atoms with Crippen molar-refractivity contribution >= 4 is 15.9 Å². The molecule has 24 heavy (non-hydrogen) atoms. The minimum absolute atomic E-state index is 0.0342. The van der Waals surface area contributed by atoms with Crippen LogP contribution in [0.1, 0.15) is 23.6 Å². The Balaban J connectivity index is 2.09. The maximum absolute atomic E-state index is 14.0. The lowest BCUT2D eigenvalue weighted by Crippen LogP contribution is -2.33. The van der Waals surface area contributed by atoms with Crippen LogP contribution in [0.25, 0.3) is 0 Å². The van der Waals surface area contributed by atoms with E-state index in [4.69, 9.17) is 4.74 Å². The predicted molar refractivity (Wildman–Crippen MR) is 98.0 cm³/mol. The molecule has 3 nitrogen and oxygen atoms in total. The van der Waals surface area contributed by atoms with E-state index in [9.17, 15) is 4.39 Å². The van der Waals surface area contributed by atoms with Gasteiger partial charge < -0.3 is 10.1 Å². The van der Waals surface area contributed by atoms with E-state index in [1.54, 1.807) is 19.2 Å². The van der Waals surface area contributed by atoms with Gasteiger partial charge in [-0.1, -0.05) is 28.1 Å². The van der Waals surface area contributed by atoms with Crippen molar-refractivity contribution in [2.75, 3.05) is 33.3 Å². The Morgan fingerprint density at radius 3 is 2.83 bits per heavy atom. The molecular weight excluding hydrogens is 371 g/mol. The highest BCUT2D eigenvalue weighted by atomic mass is 79.9. The van der Waals surface area contributed by atoms with Gasteiger partial charge >= 0.3 is 0 Å². The van der Waals surface area contributed by atoms with Gasteiger partial charge in [0.25, 0.3) is 0 Å². The Labute approximate surface area is 150 Å². The molecule has 0 aliphatic carbocycles. The molecule has 128 valence electrons. The SMILES string of the molecule is COc1ccc(F)cc1C(c1cccc(Br)c1)N1CCCNCC1. The average molecular weight is 393 g/mol. The molecule has 1 aliphatic heterocycles. The highest BCUT2D eigenvalue weighted by Gasteiger charge is 2.26. The van der Waals surface area contributed by atoms with E-state index in [-0.39, 0.29) is 11.9 Å². The van der Waals surface area contributed by atoms with Crippen molar-refractivity contribution in [1.82, 2.24) is 10.2 Å². The van der Waals surface area contributed by atoms with E-state index in [1.165, 1.54) is 6.07 Å². The largest absolute Gasteiger partial charge is 0.496 e. The van der Waals surface area contributed by atoms with Crippen LogP contribution in [0.15, 0.2) is 46.9 Å². The van der Waals surface area contributed by atoms with Crippen molar-refractivity contribution < 1.29 is 9.13 Å². The summed E-state index contributed by atoms with van der Waals surface area (Å²) in [6, 6.07) is 13.0. The summed E-state index contributed by atoms with van der Waals surface area (Å²) in [6.07, 6.45) is 1.07. The van der Waals surface area contributed by atoms with Crippen LogP contribution >= 0.6 is 15.9 Å². The van der Waals surface area contributed by atoms with E-state index in [0.717, 1.165) is 53.9 Å². The zero-order valence-corrected chi connectivity index (χ0v) is 15.4. The summed E-state index contributed by atoms with van der Waals surface area (Å²) in [5.41, 5.74) is 2.01. The smallest absolute Gasteiger partial charge is 0.124 e. The Bertz CT molecular complexity index is 687. The highest BCUT2D eigenvalue weighted by molar-refractivity contribution is 9.10. The normalized spacial score (nSPS) is 17.3. The van der Waals surface area contributed by atoms with Crippen molar-refractivity contribution in [3.05, 3.63) is 63.9 Å². The highest BCUT2D eigenvalue weighted by Crippen LogP contribution is 2.36. The van der Waals surface area contributed by atoms with Gasteiger partial charge in [0, 0.05) is 29.7 Å². The van der Waals surface area contributed by atoms with Crippen molar-refractivity contribution in [3.8, 4) is 5.75 Å². The second-order valence-electron chi connectivity index (χ2n) is 5.98. The number of nitrogens with zero attached hydrogens (tertiary/aromatic N) is 1. The van der Waals surface area contributed by atoms with E-state index < -0.39 is 0 Å². The number of nitrogens with one attached hydrogen (secondary N) is 1. The predicted octanol–water partition coefficient (Wildman–Crippen LogP) is 3.98. The molecule has 1 heterocycles. The standard InChI is InChI=1S/C19H22BrFN2O/c1-24-18-7-6-16(21)13-17(18)19(14-4-2-5-15(20)12-14)23-10-3-8-22-9-11-23/h2,4-7,12-13,19,22H,3,8-11H2,1H3. The molecule has 5 heteroatoms. The number of benzene rings is 2. The molecule has 1 atom stereocenters. The zero-order valence-electron chi connectivity index (χ0n) is 13.8. The number of halogens is 2. The first kappa shape index (κ1) is 17.4. The summed E-state index contributed by atoms with van der Waals surface area (Å²) in [5.74, 6) is 0.484. The fourth-order valence-electron chi connectivity index (χ4n) is 3.31. The van der Waals surface area contributed by atoms with Crippen molar-refractivity contribution in [2.24, 2.45) is 0 Å². The van der Waals surface area contributed by atoms with Gasteiger partial charge in [-0.25, -0.2) is 4.39 Å². The summed E-state index contributed by atoms with van der Waals surface area (Å²) in [5, 5.41) is 3.43. The summed E-state index contributed by atoms with van der Waals surface area (Å²) < 4.78 is 20.5. The molecule has 0 radical (unpaired) electrons. The van der Waals surface area contributed by atoms with Crippen molar-refractivity contribution in [3.63, 3.8) is 0 Å². The van der Waals surface area contributed by atoms with Gasteiger partial charge in [-0.05, 0) is 48.9 Å². The second-order valence-corrected chi connectivity index (χ2v) is 6.90. The van der Waals surface area contributed by atoms with Gasteiger partial charge in [-0.2, -0.15) is 0 Å². The number of ether oxygens (including phenoxy) is 1. The molecule has 1 N–H and O–H groups in total. The molecule has 0 bridgehead atoms. The summed E-state index contributed by atoms with van der Waals surface area (Å²) in [4.78, 5) is 2.40. The average Bonchev–Trinajstić information content (AvgIpc) is 2.85. The maximum Gasteiger partial charge on any atom is 0.124 e. The third-order valence-electron chi connectivity index (χ3n) is 4.39. The fourth-order valence-corrected chi connectivity index (χ4v) is 3.72. The Hall–Kier alpha value is -1.43. The zero-order chi connectivity index (χ0) is 16.9. The molecule has 3 rings (SSSR count). The molecule has 1 aliphatic rings. The minimum Gasteiger partial charge on any atom is -0.496 e. The molecular formula is C19H22BrFN2O. The summed E-state index contributed by atoms with van der Waals surface area (Å²) in [6.45, 7) is 3.82. The molecule has 1 fully saturated rings.